The number of nitrogens with zero attached hydrogens (tertiary/aromatic N) is 1. The first-order valence-electron chi connectivity index (χ1n) is 11.9. The number of alkyl halides is 3. The predicted molar refractivity (Wildman–Crippen MR) is 121 cm³/mol. The van der Waals surface area contributed by atoms with Crippen LogP contribution in [0.3, 0.4) is 0 Å². The maximum absolute atomic E-state index is 14.4. The van der Waals surface area contributed by atoms with Gasteiger partial charge >= 0.3 is 12.1 Å². The fraction of sp³-hybridized carbons (Fsp3) is 0.577. The molecular weight excluding hydrogens is 431 g/mol. The zero-order chi connectivity index (χ0) is 23.6. The smallest absolute Gasteiger partial charge is 0.420 e. The fourth-order valence-corrected chi connectivity index (χ4v) is 5.42. The normalized spacial score (nSPS) is 24.7. The molecule has 0 radical (unpaired) electrons. The number of rotatable bonds is 6. The highest BCUT2D eigenvalue weighted by Gasteiger charge is 2.38. The number of halogens is 3. The summed E-state index contributed by atoms with van der Waals surface area (Å²) >= 11 is 0. The second-order valence-corrected chi connectivity index (χ2v) is 9.79. The molecule has 1 saturated carbocycles. The van der Waals surface area contributed by atoms with Crippen molar-refractivity contribution in [3.8, 4) is 5.75 Å². The van der Waals surface area contributed by atoms with Gasteiger partial charge in [0.05, 0.1) is 6.10 Å². The van der Waals surface area contributed by atoms with E-state index < -0.39 is 17.7 Å². The highest BCUT2D eigenvalue weighted by atomic mass is 19.4. The van der Waals surface area contributed by atoms with Crippen molar-refractivity contribution in [3.63, 3.8) is 0 Å². The van der Waals surface area contributed by atoms with E-state index in [0.29, 0.717) is 30.0 Å². The van der Waals surface area contributed by atoms with Crippen LogP contribution in [0.2, 0.25) is 0 Å². The van der Waals surface area contributed by atoms with Crippen LogP contribution in [-0.2, 0) is 17.5 Å². The summed E-state index contributed by atoms with van der Waals surface area (Å²) in [5, 5.41) is 9.88. The van der Waals surface area contributed by atoms with Gasteiger partial charge in [0.1, 0.15) is 11.3 Å². The van der Waals surface area contributed by atoms with Crippen LogP contribution in [-0.4, -0.2) is 35.2 Å². The number of fused-ring (bicyclic) bond motifs is 1. The first-order valence-corrected chi connectivity index (χ1v) is 11.9. The van der Waals surface area contributed by atoms with Gasteiger partial charge in [-0.3, -0.25) is 9.69 Å². The maximum Gasteiger partial charge on any atom is 0.420 e. The molecule has 1 saturated heterocycles. The Morgan fingerprint density at radius 1 is 1.12 bits per heavy atom. The molecule has 0 unspecified atom stereocenters. The summed E-state index contributed by atoms with van der Waals surface area (Å²) < 4.78 is 49.2. The van der Waals surface area contributed by atoms with Crippen molar-refractivity contribution >= 4 is 16.7 Å². The number of benzene rings is 2. The number of carbonyl (C=O) groups is 1. The molecule has 0 spiro atoms. The van der Waals surface area contributed by atoms with Gasteiger partial charge in [-0.15, -0.1) is 0 Å². The van der Waals surface area contributed by atoms with Crippen molar-refractivity contribution < 1.29 is 27.8 Å². The van der Waals surface area contributed by atoms with Crippen LogP contribution >= 0.6 is 0 Å². The molecule has 4 rings (SSSR count). The van der Waals surface area contributed by atoms with Gasteiger partial charge in [0.25, 0.3) is 0 Å². The summed E-state index contributed by atoms with van der Waals surface area (Å²) in [6.07, 6.45) is 0.541. The zero-order valence-corrected chi connectivity index (χ0v) is 19.0. The lowest BCUT2D eigenvalue weighted by Crippen LogP contribution is -2.35. The fourth-order valence-electron chi connectivity index (χ4n) is 5.42. The van der Waals surface area contributed by atoms with Gasteiger partial charge in [-0.1, -0.05) is 31.2 Å². The standard InChI is InChI=1S/C26H32F3NO3/c1-17-7-10-21(11-8-17)33-22-12-9-19-5-2-6-20(24(19)25(22)26(27,28)29)16-30-13-3-4-18(15-30)14-23(31)32/h2,5-6,9,12,17-18,21H,3-4,7-8,10-11,13-16H2,1H3,(H,31,32)/t17-,18-,21+/m1/s1. The van der Waals surface area contributed by atoms with Gasteiger partial charge in [-0.05, 0) is 73.9 Å². The Morgan fingerprint density at radius 2 is 1.88 bits per heavy atom. The van der Waals surface area contributed by atoms with E-state index in [9.17, 15) is 18.0 Å². The van der Waals surface area contributed by atoms with Crippen LogP contribution in [0.1, 0.15) is 63.0 Å². The molecule has 180 valence electrons. The third-order valence-corrected chi connectivity index (χ3v) is 7.09. The molecule has 1 aliphatic carbocycles. The molecule has 2 aromatic rings. The Bertz CT molecular complexity index is 983. The van der Waals surface area contributed by atoms with E-state index in [-0.39, 0.29) is 29.6 Å². The Balaban J connectivity index is 1.66. The second kappa shape index (κ2) is 9.92. The van der Waals surface area contributed by atoms with Crippen molar-refractivity contribution in [2.75, 3.05) is 13.1 Å². The molecule has 2 aliphatic rings. The van der Waals surface area contributed by atoms with Gasteiger partial charge in [0.2, 0.25) is 0 Å². The average Bonchev–Trinajstić information content (AvgIpc) is 2.74. The number of carboxylic acids is 1. The number of likely N-dealkylation sites (tertiary alicyclic amines) is 1. The summed E-state index contributed by atoms with van der Waals surface area (Å²) in [7, 11) is 0. The summed E-state index contributed by atoms with van der Waals surface area (Å²) in [5.41, 5.74) is -0.0770. The maximum atomic E-state index is 14.4. The average molecular weight is 464 g/mol. The zero-order valence-electron chi connectivity index (χ0n) is 19.0. The Morgan fingerprint density at radius 3 is 2.58 bits per heavy atom. The van der Waals surface area contributed by atoms with Crippen LogP contribution in [0, 0.1) is 11.8 Å². The first-order chi connectivity index (χ1) is 15.7. The minimum atomic E-state index is -4.54. The molecule has 0 aromatic heterocycles. The van der Waals surface area contributed by atoms with Gasteiger partial charge < -0.3 is 9.84 Å². The minimum Gasteiger partial charge on any atom is -0.490 e. The molecule has 33 heavy (non-hydrogen) atoms. The summed E-state index contributed by atoms with van der Waals surface area (Å²) in [5.74, 6) is -0.291. The van der Waals surface area contributed by atoms with Crippen molar-refractivity contribution in [1.29, 1.82) is 0 Å². The Kier molecular flexibility index (Phi) is 7.17. The van der Waals surface area contributed by atoms with E-state index in [1.807, 2.05) is 0 Å². The lowest BCUT2D eigenvalue weighted by molar-refractivity contribution is -0.139. The van der Waals surface area contributed by atoms with E-state index in [2.05, 4.69) is 11.8 Å². The van der Waals surface area contributed by atoms with Crippen LogP contribution in [0.15, 0.2) is 30.3 Å². The highest BCUT2D eigenvalue weighted by molar-refractivity contribution is 5.91. The van der Waals surface area contributed by atoms with Crippen molar-refractivity contribution in [2.45, 2.75) is 70.7 Å². The number of piperidine rings is 1. The van der Waals surface area contributed by atoms with Crippen LogP contribution < -0.4 is 4.74 Å². The Labute approximate surface area is 192 Å². The third-order valence-electron chi connectivity index (χ3n) is 7.09. The second-order valence-electron chi connectivity index (χ2n) is 9.79. The molecule has 4 nitrogen and oxygen atoms in total. The lowest BCUT2D eigenvalue weighted by Gasteiger charge is -2.33. The molecule has 0 amide bonds. The summed E-state index contributed by atoms with van der Waals surface area (Å²) in [4.78, 5) is 13.2. The number of carboxylic acid groups (broad SMARTS) is 1. The molecular formula is C26H32F3NO3. The van der Waals surface area contributed by atoms with Crippen molar-refractivity contribution in [2.24, 2.45) is 11.8 Å². The molecule has 7 heteroatoms. The van der Waals surface area contributed by atoms with E-state index in [1.165, 1.54) is 6.07 Å². The molecule has 1 N–H and O–H groups in total. The van der Waals surface area contributed by atoms with E-state index in [0.717, 1.165) is 45.1 Å². The van der Waals surface area contributed by atoms with Gasteiger partial charge in [0.15, 0.2) is 0 Å². The molecule has 1 aliphatic heterocycles. The quantitative estimate of drug-likeness (QED) is 0.531. The van der Waals surface area contributed by atoms with E-state index in [1.54, 1.807) is 24.3 Å². The van der Waals surface area contributed by atoms with Crippen LogP contribution in [0.5, 0.6) is 5.75 Å². The topological polar surface area (TPSA) is 49.8 Å². The van der Waals surface area contributed by atoms with Crippen molar-refractivity contribution in [3.05, 3.63) is 41.5 Å². The predicted octanol–water partition coefficient (Wildman–Crippen LogP) is 6.50. The number of hydrogen-bond donors (Lipinski definition) is 1. The summed E-state index contributed by atoms with van der Waals surface area (Å²) in [6.45, 7) is 3.87. The number of aliphatic carboxylic acids is 1. The van der Waals surface area contributed by atoms with Gasteiger partial charge in [0, 0.05) is 24.9 Å². The number of ether oxygens (including phenoxy) is 1. The summed E-state index contributed by atoms with van der Waals surface area (Å²) in [6, 6.07) is 8.45. The number of hydrogen-bond acceptors (Lipinski definition) is 3. The van der Waals surface area contributed by atoms with Gasteiger partial charge in [-0.25, -0.2) is 0 Å². The largest absolute Gasteiger partial charge is 0.490 e. The highest BCUT2D eigenvalue weighted by Crippen LogP contribution is 2.44. The monoisotopic (exact) mass is 463 g/mol. The molecule has 2 fully saturated rings. The van der Waals surface area contributed by atoms with Crippen LogP contribution in [0.4, 0.5) is 13.2 Å². The van der Waals surface area contributed by atoms with Crippen molar-refractivity contribution in [1.82, 2.24) is 4.90 Å². The van der Waals surface area contributed by atoms with E-state index >= 15 is 0 Å². The lowest BCUT2D eigenvalue weighted by atomic mass is 9.89. The first kappa shape index (κ1) is 23.9. The third kappa shape index (κ3) is 5.81. The molecule has 0 bridgehead atoms. The minimum absolute atomic E-state index is 0.0286. The molecule has 1 atom stereocenters. The Hall–Kier alpha value is -2.28. The van der Waals surface area contributed by atoms with Crippen LogP contribution in [0.25, 0.3) is 10.8 Å². The molecule has 2 aromatic carbocycles. The van der Waals surface area contributed by atoms with E-state index in [4.69, 9.17) is 9.84 Å². The molecule has 1 heterocycles. The SMILES string of the molecule is C[C@H]1CC[C@@H](Oc2ccc3cccc(CN4CCC[C@H](CC(=O)O)C4)c3c2C(F)(F)F)CC1. The van der Waals surface area contributed by atoms with Gasteiger partial charge in [-0.2, -0.15) is 13.2 Å².